The van der Waals surface area contributed by atoms with Gasteiger partial charge in [0.1, 0.15) is 5.75 Å². The molecule has 1 fully saturated rings. The highest BCUT2D eigenvalue weighted by atomic mass is 16.7. The van der Waals surface area contributed by atoms with Gasteiger partial charge in [0.25, 0.3) is 5.91 Å². The van der Waals surface area contributed by atoms with E-state index in [-0.39, 0.29) is 17.2 Å². The summed E-state index contributed by atoms with van der Waals surface area (Å²) >= 11 is 0. The summed E-state index contributed by atoms with van der Waals surface area (Å²) in [4.78, 5) is 13.7. The Hall–Kier alpha value is -1.53. The van der Waals surface area contributed by atoms with E-state index in [1.807, 2.05) is 27.7 Å². The van der Waals surface area contributed by atoms with E-state index in [1.165, 1.54) is 11.0 Å². The van der Waals surface area contributed by atoms with Gasteiger partial charge in [-0.25, -0.2) is 0 Å². The third kappa shape index (κ3) is 2.65. The van der Waals surface area contributed by atoms with Crippen molar-refractivity contribution >= 4 is 18.5 Å². The van der Waals surface area contributed by atoms with E-state index in [9.17, 15) is 9.90 Å². The molecule has 0 radical (unpaired) electrons. The van der Waals surface area contributed by atoms with Gasteiger partial charge in [-0.05, 0) is 39.2 Å². The van der Waals surface area contributed by atoms with Crippen LogP contribution < -0.4 is 5.46 Å². The Morgan fingerprint density at radius 2 is 1.67 bits per heavy atom. The summed E-state index contributed by atoms with van der Waals surface area (Å²) in [5.41, 5.74) is -0.225. The van der Waals surface area contributed by atoms with Crippen LogP contribution in [0, 0.1) is 0 Å². The van der Waals surface area contributed by atoms with Crippen molar-refractivity contribution in [3.05, 3.63) is 23.8 Å². The normalized spacial score (nSPS) is 19.6. The Bertz CT molecular complexity index is 553. The van der Waals surface area contributed by atoms with Gasteiger partial charge in [-0.1, -0.05) is 12.1 Å². The van der Waals surface area contributed by atoms with Crippen LogP contribution in [0.25, 0.3) is 0 Å². The first-order chi connectivity index (χ1) is 9.57. The van der Waals surface area contributed by atoms with Gasteiger partial charge < -0.3 is 19.3 Å². The second kappa shape index (κ2) is 5.03. The standard InChI is InChI=1S/C15H22BNO4/c1-14(2)15(3,4)21-16(20-14)10-8-7-9-11(18)12(10)13(19)17(5)6/h7-9,18H,1-6H3. The minimum absolute atomic E-state index is 0.0686. The van der Waals surface area contributed by atoms with Gasteiger partial charge in [-0.2, -0.15) is 0 Å². The number of carbonyl (C=O) groups excluding carboxylic acids is 1. The molecule has 1 aromatic rings. The molecule has 114 valence electrons. The van der Waals surface area contributed by atoms with Gasteiger partial charge in [0, 0.05) is 14.1 Å². The average molecular weight is 291 g/mol. The smallest absolute Gasteiger partial charge is 0.495 e. The zero-order chi connectivity index (χ0) is 16.0. The second-order valence-corrected chi connectivity index (χ2v) is 6.53. The van der Waals surface area contributed by atoms with E-state index in [1.54, 1.807) is 26.2 Å². The maximum atomic E-state index is 12.3. The molecular weight excluding hydrogens is 269 g/mol. The fourth-order valence-electron chi connectivity index (χ4n) is 2.18. The summed E-state index contributed by atoms with van der Waals surface area (Å²) in [6, 6.07) is 4.92. The molecule has 6 heteroatoms. The number of hydrogen-bond acceptors (Lipinski definition) is 4. The highest BCUT2D eigenvalue weighted by molar-refractivity contribution is 6.63. The minimum Gasteiger partial charge on any atom is -0.507 e. The van der Waals surface area contributed by atoms with Crippen LogP contribution in [0.1, 0.15) is 38.1 Å². The van der Waals surface area contributed by atoms with Crippen molar-refractivity contribution in [2.75, 3.05) is 14.1 Å². The third-order valence-electron chi connectivity index (χ3n) is 4.20. The Balaban J connectivity index is 2.47. The summed E-state index contributed by atoms with van der Waals surface area (Å²) in [5, 5.41) is 10.1. The molecule has 1 aliphatic rings. The van der Waals surface area contributed by atoms with Crippen LogP contribution in [0.2, 0.25) is 0 Å². The lowest BCUT2D eigenvalue weighted by Crippen LogP contribution is -2.41. The fourth-order valence-corrected chi connectivity index (χ4v) is 2.18. The van der Waals surface area contributed by atoms with Crippen molar-refractivity contribution in [2.24, 2.45) is 0 Å². The predicted octanol–water partition coefficient (Wildman–Crippen LogP) is 1.39. The predicted molar refractivity (Wildman–Crippen MR) is 81.8 cm³/mol. The van der Waals surface area contributed by atoms with Crippen molar-refractivity contribution < 1.29 is 19.2 Å². The number of phenols is 1. The zero-order valence-electron chi connectivity index (χ0n) is 13.4. The molecule has 1 heterocycles. The van der Waals surface area contributed by atoms with E-state index in [2.05, 4.69) is 0 Å². The largest absolute Gasteiger partial charge is 0.507 e. The third-order valence-corrected chi connectivity index (χ3v) is 4.20. The van der Waals surface area contributed by atoms with Gasteiger partial charge in [0.2, 0.25) is 0 Å². The molecule has 0 aromatic heterocycles. The molecule has 1 aromatic carbocycles. The molecule has 0 aliphatic carbocycles. The maximum Gasteiger partial charge on any atom is 0.495 e. The number of carbonyl (C=O) groups is 1. The van der Waals surface area contributed by atoms with Crippen LogP contribution in [0.4, 0.5) is 0 Å². The summed E-state index contributed by atoms with van der Waals surface area (Å²) in [6.07, 6.45) is 0. The summed E-state index contributed by atoms with van der Waals surface area (Å²) in [5.74, 6) is -0.348. The monoisotopic (exact) mass is 291 g/mol. The number of rotatable bonds is 2. The van der Waals surface area contributed by atoms with Crippen molar-refractivity contribution in [3.8, 4) is 5.75 Å². The van der Waals surface area contributed by atoms with Crippen molar-refractivity contribution in [1.82, 2.24) is 4.90 Å². The maximum absolute atomic E-state index is 12.3. The van der Waals surface area contributed by atoms with E-state index in [4.69, 9.17) is 9.31 Å². The van der Waals surface area contributed by atoms with Crippen LogP contribution >= 0.6 is 0 Å². The fraction of sp³-hybridized carbons (Fsp3) is 0.533. The van der Waals surface area contributed by atoms with Crippen LogP contribution in [-0.2, 0) is 9.31 Å². The molecule has 1 N–H and O–H groups in total. The summed E-state index contributed by atoms with van der Waals surface area (Å²) in [6.45, 7) is 7.79. The minimum atomic E-state index is -0.680. The Morgan fingerprint density at radius 3 is 2.14 bits per heavy atom. The Morgan fingerprint density at radius 1 is 1.14 bits per heavy atom. The SMILES string of the molecule is CN(C)C(=O)c1c(O)cccc1B1OC(C)(C)C(C)(C)O1. The molecule has 0 unspecified atom stereocenters. The second-order valence-electron chi connectivity index (χ2n) is 6.53. The van der Waals surface area contributed by atoms with Crippen LogP contribution in [0.3, 0.4) is 0 Å². The Kier molecular flexibility index (Phi) is 3.80. The van der Waals surface area contributed by atoms with Crippen molar-refractivity contribution in [3.63, 3.8) is 0 Å². The lowest BCUT2D eigenvalue weighted by molar-refractivity contribution is 0.00578. The van der Waals surface area contributed by atoms with E-state index >= 15 is 0 Å². The van der Waals surface area contributed by atoms with Gasteiger partial charge in [-0.3, -0.25) is 4.79 Å². The van der Waals surface area contributed by atoms with Crippen molar-refractivity contribution in [1.29, 1.82) is 0 Å². The number of nitrogens with zero attached hydrogens (tertiary/aromatic N) is 1. The first-order valence-electron chi connectivity index (χ1n) is 6.96. The number of hydrogen-bond donors (Lipinski definition) is 1. The zero-order valence-corrected chi connectivity index (χ0v) is 13.4. The molecule has 0 bridgehead atoms. The highest BCUT2D eigenvalue weighted by Gasteiger charge is 2.52. The molecule has 0 spiro atoms. The number of benzene rings is 1. The first kappa shape index (κ1) is 15.9. The number of amides is 1. The van der Waals surface area contributed by atoms with Crippen molar-refractivity contribution in [2.45, 2.75) is 38.9 Å². The Labute approximate surface area is 126 Å². The average Bonchev–Trinajstić information content (AvgIpc) is 2.57. The number of aromatic hydroxyl groups is 1. The molecule has 0 atom stereocenters. The molecule has 0 saturated carbocycles. The lowest BCUT2D eigenvalue weighted by atomic mass is 9.75. The number of phenolic OH excluding ortho intramolecular Hbond substituents is 1. The van der Waals surface area contributed by atoms with E-state index < -0.39 is 18.3 Å². The quantitative estimate of drug-likeness (QED) is 0.837. The molecule has 1 aliphatic heterocycles. The first-order valence-corrected chi connectivity index (χ1v) is 6.96. The van der Waals surface area contributed by atoms with Gasteiger partial charge in [-0.15, -0.1) is 0 Å². The van der Waals surface area contributed by atoms with Gasteiger partial charge in [0.15, 0.2) is 0 Å². The molecule has 1 amide bonds. The van der Waals surface area contributed by atoms with E-state index in [0.29, 0.717) is 5.46 Å². The highest BCUT2D eigenvalue weighted by Crippen LogP contribution is 2.37. The molecule has 21 heavy (non-hydrogen) atoms. The molecule has 5 nitrogen and oxygen atoms in total. The summed E-state index contributed by atoms with van der Waals surface area (Å²) in [7, 11) is 2.60. The van der Waals surface area contributed by atoms with Crippen LogP contribution in [0.15, 0.2) is 18.2 Å². The van der Waals surface area contributed by atoms with Gasteiger partial charge in [0.05, 0.1) is 16.8 Å². The summed E-state index contributed by atoms with van der Waals surface area (Å²) < 4.78 is 11.9. The topological polar surface area (TPSA) is 59.0 Å². The molecular formula is C15H22BNO4. The lowest BCUT2D eigenvalue weighted by Gasteiger charge is -2.32. The van der Waals surface area contributed by atoms with Gasteiger partial charge >= 0.3 is 7.12 Å². The van der Waals surface area contributed by atoms with Crippen LogP contribution in [0.5, 0.6) is 5.75 Å². The van der Waals surface area contributed by atoms with Crippen LogP contribution in [-0.4, -0.2) is 48.3 Å². The van der Waals surface area contributed by atoms with E-state index in [0.717, 1.165) is 0 Å². The molecule has 2 rings (SSSR count). The molecule has 1 saturated heterocycles.